The molecule has 0 radical (unpaired) electrons. The number of hydrogen-bond donors (Lipinski definition) is 2. The van der Waals surface area contributed by atoms with Gasteiger partial charge in [-0.05, 0) is 20.8 Å². The Balaban J connectivity index is 4.35. The molecule has 7 heteroatoms. The van der Waals surface area contributed by atoms with Crippen LogP contribution in [-0.4, -0.2) is 45.0 Å². The Bertz CT molecular complexity index is 297. The zero-order valence-electron chi connectivity index (χ0n) is 9.77. The van der Waals surface area contributed by atoms with Crippen LogP contribution in [0.2, 0.25) is 0 Å². The Hall–Kier alpha value is -1.11. The van der Waals surface area contributed by atoms with Crippen molar-refractivity contribution in [2.45, 2.75) is 32.4 Å². The Morgan fingerprint density at radius 2 is 1.94 bits per heavy atom. The van der Waals surface area contributed by atoms with Gasteiger partial charge >= 0.3 is 12.1 Å². The number of amides is 1. The maximum atomic E-state index is 11.3. The smallest absolute Gasteiger partial charge is 0.408 e. The number of alkyl carbamates (subject to hydrolysis) is 1. The monoisotopic (exact) mass is 251 g/mol. The van der Waals surface area contributed by atoms with Crippen molar-refractivity contribution in [3.63, 3.8) is 0 Å². The predicted molar refractivity (Wildman–Crippen MR) is 59.7 cm³/mol. The summed E-state index contributed by atoms with van der Waals surface area (Å²) in [6.45, 7) is 5.00. The van der Waals surface area contributed by atoms with Gasteiger partial charge in [0.15, 0.2) is 0 Å². The van der Waals surface area contributed by atoms with Crippen LogP contribution >= 0.6 is 0 Å². The fourth-order valence-corrected chi connectivity index (χ4v) is 1.55. The molecule has 2 atom stereocenters. The summed E-state index contributed by atoms with van der Waals surface area (Å²) in [5, 5.41) is 10.9. The van der Waals surface area contributed by atoms with Crippen molar-refractivity contribution in [3.8, 4) is 0 Å². The highest BCUT2D eigenvalue weighted by molar-refractivity contribution is 7.84. The molecule has 0 aromatic rings. The summed E-state index contributed by atoms with van der Waals surface area (Å²) in [6, 6.07) is -1.19. The third-order valence-electron chi connectivity index (χ3n) is 1.39. The maximum Gasteiger partial charge on any atom is 0.408 e. The highest BCUT2D eigenvalue weighted by atomic mass is 32.2. The van der Waals surface area contributed by atoms with Crippen molar-refractivity contribution >= 4 is 22.9 Å². The molecule has 0 aliphatic carbocycles. The zero-order valence-corrected chi connectivity index (χ0v) is 10.6. The molecule has 0 fully saturated rings. The lowest BCUT2D eigenvalue weighted by molar-refractivity contribution is -0.138. The summed E-state index contributed by atoms with van der Waals surface area (Å²) in [5.74, 6) is -1.38. The first-order chi connectivity index (χ1) is 7.11. The van der Waals surface area contributed by atoms with Crippen LogP contribution in [0.1, 0.15) is 20.8 Å². The highest BCUT2D eigenvalue weighted by Crippen LogP contribution is 2.06. The number of rotatable bonds is 4. The minimum atomic E-state index is -1.31. The minimum Gasteiger partial charge on any atom is -0.480 e. The summed E-state index contributed by atoms with van der Waals surface area (Å²) in [5.41, 5.74) is -0.696. The molecular weight excluding hydrogens is 234 g/mol. The molecule has 1 amide bonds. The third-order valence-corrected chi connectivity index (χ3v) is 2.19. The fraction of sp³-hybridized carbons (Fsp3) is 0.778. The van der Waals surface area contributed by atoms with Gasteiger partial charge in [0.05, 0.1) is 5.75 Å². The van der Waals surface area contributed by atoms with Gasteiger partial charge in [-0.25, -0.2) is 9.59 Å². The number of aliphatic carboxylic acids is 1. The van der Waals surface area contributed by atoms with Crippen LogP contribution in [0.4, 0.5) is 4.79 Å². The summed E-state index contributed by atoms with van der Waals surface area (Å²) in [6.07, 6.45) is 0.539. The van der Waals surface area contributed by atoms with E-state index in [9.17, 15) is 13.8 Å². The van der Waals surface area contributed by atoms with E-state index in [4.69, 9.17) is 9.84 Å². The van der Waals surface area contributed by atoms with E-state index in [0.29, 0.717) is 0 Å². The van der Waals surface area contributed by atoms with Gasteiger partial charge in [-0.15, -0.1) is 0 Å². The first-order valence-electron chi connectivity index (χ1n) is 4.64. The molecule has 0 saturated carbocycles. The molecule has 0 bridgehead atoms. The number of nitrogens with one attached hydrogen (secondary N) is 1. The fourth-order valence-electron chi connectivity index (χ4n) is 0.859. The number of carbonyl (C=O) groups excluding carboxylic acids is 1. The van der Waals surface area contributed by atoms with Crippen molar-refractivity contribution in [1.82, 2.24) is 5.32 Å². The minimum absolute atomic E-state index is 0.144. The Morgan fingerprint density at radius 1 is 1.44 bits per heavy atom. The number of hydrogen-bond acceptors (Lipinski definition) is 4. The summed E-state index contributed by atoms with van der Waals surface area (Å²) in [7, 11) is -1.31. The lowest BCUT2D eigenvalue weighted by Gasteiger charge is -2.21. The predicted octanol–water partition coefficient (Wildman–Crippen LogP) is 0.343. The quantitative estimate of drug-likeness (QED) is 0.751. The first kappa shape index (κ1) is 14.9. The average molecular weight is 251 g/mol. The van der Waals surface area contributed by atoms with Gasteiger partial charge in [0.25, 0.3) is 0 Å². The van der Waals surface area contributed by atoms with Crippen LogP contribution in [0.25, 0.3) is 0 Å². The molecule has 94 valence electrons. The van der Waals surface area contributed by atoms with Crippen LogP contribution in [0.5, 0.6) is 0 Å². The van der Waals surface area contributed by atoms with Crippen LogP contribution in [0.15, 0.2) is 0 Å². The molecule has 0 aromatic heterocycles. The Labute approximate surface area is 96.8 Å². The normalized spacial score (nSPS) is 15.0. The third kappa shape index (κ3) is 7.22. The summed E-state index contributed by atoms with van der Waals surface area (Å²) >= 11 is 0. The number of carboxylic acid groups (broad SMARTS) is 1. The van der Waals surface area contributed by atoms with Crippen molar-refractivity contribution in [3.05, 3.63) is 0 Å². The largest absolute Gasteiger partial charge is 0.480 e. The lowest BCUT2D eigenvalue weighted by atomic mass is 10.2. The van der Waals surface area contributed by atoms with Crippen LogP contribution in [-0.2, 0) is 20.3 Å². The molecule has 16 heavy (non-hydrogen) atoms. The molecule has 0 saturated heterocycles. The summed E-state index contributed by atoms with van der Waals surface area (Å²) in [4.78, 5) is 22.0. The summed E-state index contributed by atoms with van der Waals surface area (Å²) < 4.78 is 15.8. The standard InChI is InChI=1S/C9H17NO5S/c1-9(2,3)15-8(13)10-6(7(11)12)5-16(4)14/h6H,5H2,1-4H3,(H,10,13)(H,11,12)/t6-,16-/m0/s1. The van der Waals surface area contributed by atoms with Crippen LogP contribution in [0.3, 0.4) is 0 Å². The van der Waals surface area contributed by atoms with Gasteiger partial charge in [-0.3, -0.25) is 4.21 Å². The molecule has 6 nitrogen and oxygen atoms in total. The van der Waals surface area contributed by atoms with E-state index >= 15 is 0 Å². The molecule has 0 spiro atoms. The second kappa shape index (κ2) is 5.83. The second-order valence-electron chi connectivity index (χ2n) is 4.28. The van der Waals surface area contributed by atoms with Crippen molar-refractivity contribution in [1.29, 1.82) is 0 Å². The Kier molecular flexibility index (Phi) is 5.43. The van der Waals surface area contributed by atoms with E-state index in [1.807, 2.05) is 0 Å². The van der Waals surface area contributed by atoms with Crippen molar-refractivity contribution in [2.24, 2.45) is 0 Å². The van der Waals surface area contributed by atoms with Gasteiger partial charge in [0.1, 0.15) is 11.6 Å². The van der Waals surface area contributed by atoms with Gasteiger partial charge in [-0.2, -0.15) is 0 Å². The molecule has 0 aliphatic heterocycles. The zero-order chi connectivity index (χ0) is 12.9. The van der Waals surface area contributed by atoms with E-state index in [1.54, 1.807) is 20.8 Å². The molecule has 0 unspecified atom stereocenters. The SMILES string of the molecule is C[S@](=O)C[C@H](NC(=O)OC(C)(C)C)C(=O)O. The number of ether oxygens (including phenoxy) is 1. The number of carboxylic acids is 1. The van der Waals surface area contributed by atoms with Crippen molar-refractivity contribution < 1.29 is 23.6 Å². The molecular formula is C9H17NO5S. The number of carbonyl (C=O) groups is 2. The highest BCUT2D eigenvalue weighted by Gasteiger charge is 2.24. The van der Waals surface area contributed by atoms with Crippen molar-refractivity contribution in [2.75, 3.05) is 12.0 Å². The first-order valence-corrected chi connectivity index (χ1v) is 6.37. The molecule has 2 N–H and O–H groups in total. The average Bonchev–Trinajstić information content (AvgIpc) is 1.97. The molecule has 0 aromatic carbocycles. The topological polar surface area (TPSA) is 92.7 Å². The van der Waals surface area contributed by atoms with E-state index < -0.39 is 34.5 Å². The molecule has 0 aliphatic rings. The van der Waals surface area contributed by atoms with Gasteiger partial charge in [0, 0.05) is 17.1 Å². The van der Waals surface area contributed by atoms with Gasteiger partial charge in [-0.1, -0.05) is 0 Å². The molecule has 0 rings (SSSR count). The lowest BCUT2D eigenvalue weighted by Crippen LogP contribution is -2.46. The van der Waals surface area contributed by atoms with Crippen LogP contribution in [0, 0.1) is 0 Å². The van der Waals surface area contributed by atoms with Gasteiger partial charge in [0.2, 0.25) is 0 Å². The van der Waals surface area contributed by atoms with Gasteiger partial charge < -0.3 is 15.2 Å². The maximum absolute atomic E-state index is 11.3. The second-order valence-corrected chi connectivity index (χ2v) is 5.76. The van der Waals surface area contributed by atoms with E-state index in [0.717, 1.165) is 0 Å². The Morgan fingerprint density at radius 3 is 2.25 bits per heavy atom. The van der Waals surface area contributed by atoms with E-state index in [1.165, 1.54) is 6.26 Å². The van der Waals surface area contributed by atoms with Crippen LogP contribution < -0.4 is 5.32 Å². The van der Waals surface area contributed by atoms with E-state index in [-0.39, 0.29) is 5.75 Å². The van der Waals surface area contributed by atoms with E-state index in [2.05, 4.69) is 5.32 Å². The molecule has 0 heterocycles.